The minimum Gasteiger partial charge on any atom is -0.480 e. The fourth-order valence-corrected chi connectivity index (χ4v) is 2.49. The fraction of sp³-hybridized carbons (Fsp3) is 0.176. The first-order valence-electron chi connectivity index (χ1n) is 7.28. The monoisotopic (exact) mass is 310 g/mol. The van der Waals surface area contributed by atoms with Crippen molar-refractivity contribution in [3.05, 3.63) is 53.9 Å². The number of hydrogen-bond donors (Lipinski definition) is 2. The molecule has 3 aromatic rings. The number of aromatic nitrogens is 2. The van der Waals surface area contributed by atoms with Crippen LogP contribution in [0.2, 0.25) is 0 Å². The number of hydrogen-bond acceptors (Lipinski definition) is 4. The summed E-state index contributed by atoms with van der Waals surface area (Å²) < 4.78 is 7.33. The predicted octanol–water partition coefficient (Wildman–Crippen LogP) is 1.63. The molecule has 23 heavy (non-hydrogen) atoms. The minimum atomic E-state index is -0.531. The molecule has 0 atom stereocenters. The number of ether oxygens (including phenoxy) is 1. The molecule has 6 heteroatoms. The summed E-state index contributed by atoms with van der Waals surface area (Å²) in [5, 5.41) is 0. The Balaban J connectivity index is 2.13. The van der Waals surface area contributed by atoms with Crippen molar-refractivity contribution in [2.75, 3.05) is 6.61 Å². The third kappa shape index (κ3) is 2.89. The molecule has 0 unspecified atom stereocenters. The quantitative estimate of drug-likeness (QED) is 0.748. The SMILES string of the molecule is Cc1ccc(-c2nc3c(OCC(N)=O)cccn3c2CN)cc1. The summed E-state index contributed by atoms with van der Waals surface area (Å²) in [5.41, 5.74) is 15.5. The highest BCUT2D eigenvalue weighted by Gasteiger charge is 2.16. The van der Waals surface area contributed by atoms with Crippen molar-refractivity contribution in [3.63, 3.8) is 0 Å². The summed E-state index contributed by atoms with van der Waals surface area (Å²) in [5.74, 6) is -0.0317. The van der Waals surface area contributed by atoms with Gasteiger partial charge in [0.25, 0.3) is 5.91 Å². The van der Waals surface area contributed by atoms with Crippen LogP contribution in [-0.2, 0) is 11.3 Å². The van der Waals surface area contributed by atoms with Crippen LogP contribution in [0.5, 0.6) is 5.75 Å². The van der Waals surface area contributed by atoms with Crippen LogP contribution in [0.4, 0.5) is 0 Å². The second-order valence-corrected chi connectivity index (χ2v) is 5.30. The molecule has 0 spiro atoms. The van der Waals surface area contributed by atoms with E-state index in [1.807, 2.05) is 47.9 Å². The van der Waals surface area contributed by atoms with Gasteiger partial charge in [-0.05, 0) is 19.1 Å². The topological polar surface area (TPSA) is 95.6 Å². The zero-order chi connectivity index (χ0) is 16.4. The summed E-state index contributed by atoms with van der Waals surface area (Å²) in [6.07, 6.45) is 1.87. The van der Waals surface area contributed by atoms with Crippen molar-refractivity contribution >= 4 is 11.6 Å². The molecule has 0 bridgehead atoms. The Kier molecular flexibility index (Phi) is 3.99. The molecule has 0 fully saturated rings. The number of primary amides is 1. The van der Waals surface area contributed by atoms with Gasteiger partial charge in [-0.15, -0.1) is 0 Å². The van der Waals surface area contributed by atoms with Gasteiger partial charge in [-0.25, -0.2) is 4.98 Å². The lowest BCUT2D eigenvalue weighted by molar-refractivity contribution is -0.119. The molecule has 0 aliphatic rings. The van der Waals surface area contributed by atoms with Gasteiger partial charge < -0.3 is 16.2 Å². The van der Waals surface area contributed by atoms with Crippen molar-refractivity contribution in [1.29, 1.82) is 0 Å². The highest BCUT2D eigenvalue weighted by molar-refractivity contribution is 5.76. The van der Waals surface area contributed by atoms with Crippen molar-refractivity contribution in [3.8, 4) is 17.0 Å². The Morgan fingerprint density at radius 1 is 1.26 bits per heavy atom. The average molecular weight is 310 g/mol. The van der Waals surface area contributed by atoms with Crippen LogP contribution in [-0.4, -0.2) is 21.9 Å². The zero-order valence-corrected chi connectivity index (χ0v) is 12.8. The third-order valence-corrected chi connectivity index (χ3v) is 3.60. The third-order valence-electron chi connectivity index (χ3n) is 3.60. The number of benzene rings is 1. The van der Waals surface area contributed by atoms with E-state index >= 15 is 0 Å². The van der Waals surface area contributed by atoms with Crippen LogP contribution in [0.1, 0.15) is 11.3 Å². The van der Waals surface area contributed by atoms with Crippen LogP contribution in [0.25, 0.3) is 16.9 Å². The average Bonchev–Trinajstić information content (AvgIpc) is 2.92. The van der Waals surface area contributed by atoms with E-state index in [9.17, 15) is 4.79 Å². The number of nitrogens with zero attached hydrogens (tertiary/aromatic N) is 2. The second-order valence-electron chi connectivity index (χ2n) is 5.30. The Morgan fingerprint density at radius 3 is 2.65 bits per heavy atom. The number of nitrogens with two attached hydrogens (primary N) is 2. The number of carbonyl (C=O) groups excluding carboxylic acids is 1. The number of amides is 1. The molecular weight excluding hydrogens is 292 g/mol. The first-order valence-corrected chi connectivity index (χ1v) is 7.28. The molecule has 3 rings (SSSR count). The molecule has 0 saturated heterocycles. The highest BCUT2D eigenvalue weighted by atomic mass is 16.5. The normalized spacial score (nSPS) is 10.9. The minimum absolute atomic E-state index is 0.190. The predicted molar refractivity (Wildman–Crippen MR) is 87.9 cm³/mol. The second kappa shape index (κ2) is 6.10. The standard InChI is InChI=1S/C17H18N4O2/c1-11-4-6-12(7-5-11)16-13(9-18)21-8-2-3-14(17(21)20-16)23-10-15(19)22/h2-8H,9-10,18H2,1H3,(H2,19,22). The highest BCUT2D eigenvalue weighted by Crippen LogP contribution is 2.28. The number of aryl methyl sites for hydroxylation is 1. The summed E-state index contributed by atoms with van der Waals surface area (Å²) in [6.45, 7) is 2.18. The lowest BCUT2D eigenvalue weighted by Crippen LogP contribution is -2.20. The molecule has 0 aliphatic heterocycles. The first kappa shape index (κ1) is 15.1. The van der Waals surface area contributed by atoms with Crippen molar-refractivity contribution < 1.29 is 9.53 Å². The molecule has 1 amide bonds. The lowest BCUT2D eigenvalue weighted by atomic mass is 10.1. The van der Waals surface area contributed by atoms with E-state index in [2.05, 4.69) is 4.98 Å². The van der Waals surface area contributed by atoms with Crippen LogP contribution in [0.3, 0.4) is 0 Å². The summed E-state index contributed by atoms with van der Waals surface area (Å²) in [7, 11) is 0. The van der Waals surface area contributed by atoms with Gasteiger partial charge >= 0.3 is 0 Å². The van der Waals surface area contributed by atoms with Gasteiger partial charge in [0.05, 0.1) is 11.4 Å². The smallest absolute Gasteiger partial charge is 0.255 e. The largest absolute Gasteiger partial charge is 0.480 e. The molecule has 6 nitrogen and oxygen atoms in total. The number of pyridine rings is 1. The van der Waals surface area contributed by atoms with E-state index < -0.39 is 5.91 Å². The summed E-state index contributed by atoms with van der Waals surface area (Å²) in [4.78, 5) is 15.6. The molecule has 2 heterocycles. The van der Waals surface area contributed by atoms with Crippen molar-refractivity contribution in [2.24, 2.45) is 11.5 Å². The number of carbonyl (C=O) groups is 1. The van der Waals surface area contributed by atoms with E-state index in [-0.39, 0.29) is 6.61 Å². The van der Waals surface area contributed by atoms with Gasteiger partial charge in [-0.1, -0.05) is 29.8 Å². The maximum atomic E-state index is 10.9. The van der Waals surface area contributed by atoms with Crippen LogP contribution in [0, 0.1) is 6.92 Å². The molecule has 118 valence electrons. The molecule has 2 aromatic heterocycles. The van der Waals surface area contributed by atoms with Gasteiger partial charge in [0.1, 0.15) is 0 Å². The number of imidazole rings is 1. The van der Waals surface area contributed by atoms with E-state index in [0.717, 1.165) is 17.0 Å². The first-order chi connectivity index (χ1) is 11.1. The van der Waals surface area contributed by atoms with Gasteiger partial charge in [0.15, 0.2) is 18.0 Å². The van der Waals surface area contributed by atoms with Crippen LogP contribution >= 0.6 is 0 Å². The zero-order valence-electron chi connectivity index (χ0n) is 12.8. The van der Waals surface area contributed by atoms with Gasteiger partial charge in [0, 0.05) is 18.3 Å². The Hall–Kier alpha value is -2.86. The van der Waals surface area contributed by atoms with E-state index in [0.29, 0.717) is 17.9 Å². The van der Waals surface area contributed by atoms with E-state index in [1.54, 1.807) is 6.07 Å². The molecule has 4 N–H and O–H groups in total. The van der Waals surface area contributed by atoms with Crippen LogP contribution in [0.15, 0.2) is 42.6 Å². The maximum absolute atomic E-state index is 10.9. The fourth-order valence-electron chi connectivity index (χ4n) is 2.49. The summed E-state index contributed by atoms with van der Waals surface area (Å²) in [6, 6.07) is 11.7. The number of fused-ring (bicyclic) bond motifs is 1. The molecule has 1 aromatic carbocycles. The Morgan fingerprint density at radius 2 is 2.00 bits per heavy atom. The lowest BCUT2D eigenvalue weighted by Gasteiger charge is -2.06. The number of rotatable bonds is 5. The molecular formula is C17H18N4O2. The maximum Gasteiger partial charge on any atom is 0.255 e. The van der Waals surface area contributed by atoms with Gasteiger partial charge in [-0.3, -0.25) is 9.20 Å². The van der Waals surface area contributed by atoms with Crippen molar-refractivity contribution in [2.45, 2.75) is 13.5 Å². The van der Waals surface area contributed by atoms with Gasteiger partial charge in [-0.2, -0.15) is 0 Å². The Labute approximate surface area is 133 Å². The van der Waals surface area contributed by atoms with E-state index in [4.69, 9.17) is 16.2 Å². The molecule has 0 saturated carbocycles. The van der Waals surface area contributed by atoms with Crippen molar-refractivity contribution in [1.82, 2.24) is 9.38 Å². The van der Waals surface area contributed by atoms with Gasteiger partial charge in [0.2, 0.25) is 0 Å². The van der Waals surface area contributed by atoms with Crippen LogP contribution < -0.4 is 16.2 Å². The molecule has 0 radical (unpaired) electrons. The molecule has 0 aliphatic carbocycles. The van der Waals surface area contributed by atoms with E-state index in [1.165, 1.54) is 5.56 Å². The summed E-state index contributed by atoms with van der Waals surface area (Å²) >= 11 is 0. The Bertz CT molecular complexity index is 853.